The fourth-order valence-corrected chi connectivity index (χ4v) is 0.929. The molecule has 9 heavy (non-hydrogen) atoms. The molecular formula is C4H7NO3S. The molecule has 0 heterocycles. The van der Waals surface area contributed by atoms with Gasteiger partial charge in [0, 0.05) is 0 Å². The van der Waals surface area contributed by atoms with Crippen LogP contribution in [0, 0.1) is 11.3 Å². The first-order valence-corrected chi connectivity index (χ1v) is 4.13. The number of sulfone groups is 1. The van der Waals surface area contributed by atoms with E-state index in [4.69, 9.17) is 10.4 Å². The largest absolute Gasteiger partial charge is 0.395 e. The minimum absolute atomic E-state index is 0.319. The van der Waals surface area contributed by atoms with Crippen LogP contribution < -0.4 is 0 Å². The molecule has 0 amide bonds. The van der Waals surface area contributed by atoms with E-state index in [1.807, 2.05) is 0 Å². The molecule has 0 radical (unpaired) electrons. The maximum absolute atomic E-state index is 10.4. The minimum Gasteiger partial charge on any atom is -0.395 e. The number of nitrogens with zero attached hydrogens (tertiary/aromatic N) is 1. The van der Waals surface area contributed by atoms with E-state index >= 15 is 0 Å². The van der Waals surface area contributed by atoms with Gasteiger partial charge in [0.25, 0.3) is 0 Å². The summed E-state index contributed by atoms with van der Waals surface area (Å²) in [5.41, 5.74) is 0. The van der Waals surface area contributed by atoms with Gasteiger partial charge in [0.15, 0.2) is 9.84 Å². The van der Waals surface area contributed by atoms with Crippen LogP contribution in [0.25, 0.3) is 0 Å². The Morgan fingerprint density at radius 2 is 2.11 bits per heavy atom. The lowest BCUT2D eigenvalue weighted by Crippen LogP contribution is -2.12. The maximum atomic E-state index is 10.4. The van der Waals surface area contributed by atoms with E-state index in [1.165, 1.54) is 6.07 Å². The summed E-state index contributed by atoms with van der Waals surface area (Å²) in [5.74, 6) is -0.825. The third-order valence-corrected chi connectivity index (χ3v) is 2.06. The molecule has 0 aromatic carbocycles. The van der Waals surface area contributed by atoms with Crippen LogP contribution in [0.15, 0.2) is 0 Å². The van der Waals surface area contributed by atoms with Crippen LogP contribution in [0.4, 0.5) is 0 Å². The Morgan fingerprint density at radius 1 is 1.56 bits per heavy atom. The lowest BCUT2D eigenvalue weighted by Gasteiger charge is -1.91. The van der Waals surface area contributed by atoms with Gasteiger partial charge >= 0.3 is 0 Å². The molecule has 52 valence electrons. The summed E-state index contributed by atoms with van der Waals surface area (Å²) in [6.07, 6.45) is 0. The molecule has 0 aromatic rings. The molecule has 0 saturated heterocycles. The molecule has 1 N–H and O–H groups in total. The Balaban J connectivity index is 3.93. The second-order valence-corrected chi connectivity index (χ2v) is 3.66. The van der Waals surface area contributed by atoms with E-state index in [0.717, 1.165) is 0 Å². The van der Waals surface area contributed by atoms with Crippen molar-refractivity contribution in [2.75, 3.05) is 18.1 Å². The molecule has 0 unspecified atom stereocenters. The van der Waals surface area contributed by atoms with Gasteiger partial charge in [0.2, 0.25) is 0 Å². The zero-order valence-electron chi connectivity index (χ0n) is 4.74. The second kappa shape index (κ2) is 3.43. The molecule has 0 atom stereocenters. The first kappa shape index (κ1) is 8.40. The Labute approximate surface area is 53.6 Å². The Bertz CT molecular complexity index is 200. The predicted molar refractivity (Wildman–Crippen MR) is 31.4 cm³/mol. The van der Waals surface area contributed by atoms with Crippen LogP contribution >= 0.6 is 0 Å². The van der Waals surface area contributed by atoms with Crippen LogP contribution in [0.2, 0.25) is 0 Å². The van der Waals surface area contributed by atoms with Gasteiger partial charge in [-0.1, -0.05) is 0 Å². The molecule has 0 saturated carbocycles. The Morgan fingerprint density at radius 3 is 2.44 bits per heavy atom. The lowest BCUT2D eigenvalue weighted by atomic mass is 10.9. The van der Waals surface area contributed by atoms with Crippen molar-refractivity contribution in [2.45, 2.75) is 0 Å². The summed E-state index contributed by atoms with van der Waals surface area (Å²) < 4.78 is 20.9. The predicted octanol–water partition coefficient (Wildman–Crippen LogP) is -1.08. The van der Waals surface area contributed by atoms with Crippen LogP contribution in [0.5, 0.6) is 0 Å². The number of aliphatic hydroxyl groups excluding tert-OH is 1. The third kappa shape index (κ3) is 3.94. The van der Waals surface area contributed by atoms with E-state index in [-0.39, 0.29) is 5.75 Å². The van der Waals surface area contributed by atoms with Gasteiger partial charge in [-0.25, -0.2) is 8.42 Å². The number of hydrogen-bond donors (Lipinski definition) is 1. The number of hydrogen-bond acceptors (Lipinski definition) is 4. The summed E-state index contributed by atoms with van der Waals surface area (Å²) in [4.78, 5) is 0. The van der Waals surface area contributed by atoms with Gasteiger partial charge < -0.3 is 5.11 Å². The molecule has 0 spiro atoms. The summed E-state index contributed by atoms with van der Waals surface area (Å²) in [6.45, 7) is -0.413. The zero-order chi connectivity index (χ0) is 7.33. The Hall–Kier alpha value is -0.600. The van der Waals surface area contributed by atoms with Crippen molar-refractivity contribution >= 4 is 9.84 Å². The first-order chi connectivity index (χ1) is 4.12. The highest BCUT2D eigenvalue weighted by molar-refractivity contribution is 7.91. The smallest absolute Gasteiger partial charge is 0.165 e. The van der Waals surface area contributed by atoms with Crippen LogP contribution in [-0.4, -0.2) is 31.6 Å². The van der Waals surface area contributed by atoms with Crippen LogP contribution in [0.1, 0.15) is 0 Å². The topological polar surface area (TPSA) is 78.2 Å². The van der Waals surface area contributed by atoms with Gasteiger partial charge in [0.1, 0.15) is 5.75 Å². The third-order valence-electron chi connectivity index (χ3n) is 0.687. The van der Waals surface area contributed by atoms with E-state index in [0.29, 0.717) is 0 Å². The molecule has 0 bridgehead atoms. The summed E-state index contributed by atoms with van der Waals surface area (Å²) in [7, 11) is -3.29. The number of nitriles is 1. The van der Waals surface area contributed by atoms with Crippen molar-refractivity contribution < 1.29 is 13.5 Å². The molecule has 0 rings (SSSR count). The monoisotopic (exact) mass is 149 g/mol. The van der Waals surface area contributed by atoms with E-state index in [2.05, 4.69) is 0 Å². The summed E-state index contributed by atoms with van der Waals surface area (Å²) in [6, 6.07) is 1.49. The Kier molecular flexibility index (Phi) is 3.20. The fraction of sp³-hybridized carbons (Fsp3) is 0.750. The van der Waals surface area contributed by atoms with E-state index in [1.54, 1.807) is 0 Å². The van der Waals surface area contributed by atoms with Crippen molar-refractivity contribution in [3.05, 3.63) is 0 Å². The minimum atomic E-state index is -3.29. The fourth-order valence-electron chi connectivity index (χ4n) is 0.310. The molecule has 0 aliphatic rings. The quantitative estimate of drug-likeness (QED) is 0.553. The molecule has 5 heteroatoms. The molecule has 0 aromatic heterocycles. The SMILES string of the molecule is N#CCS(=O)(=O)CCO. The van der Waals surface area contributed by atoms with Gasteiger partial charge in [-0.05, 0) is 0 Å². The average Bonchev–Trinajstić information content (AvgIpc) is 1.64. The molecule has 0 aliphatic carbocycles. The van der Waals surface area contributed by atoms with Crippen molar-refractivity contribution in [3.63, 3.8) is 0 Å². The standard InChI is InChI=1S/C4H7NO3S/c5-1-3-9(7,8)4-2-6/h6H,2-4H2. The number of rotatable bonds is 3. The second-order valence-electron chi connectivity index (χ2n) is 1.47. The average molecular weight is 149 g/mol. The van der Waals surface area contributed by atoms with Crippen LogP contribution in [0.3, 0.4) is 0 Å². The van der Waals surface area contributed by atoms with Crippen molar-refractivity contribution in [1.82, 2.24) is 0 Å². The van der Waals surface area contributed by atoms with E-state index in [9.17, 15) is 8.42 Å². The molecular weight excluding hydrogens is 142 g/mol. The van der Waals surface area contributed by atoms with E-state index < -0.39 is 22.2 Å². The first-order valence-electron chi connectivity index (χ1n) is 2.30. The summed E-state index contributed by atoms with van der Waals surface area (Å²) >= 11 is 0. The lowest BCUT2D eigenvalue weighted by molar-refractivity contribution is 0.319. The van der Waals surface area contributed by atoms with Crippen molar-refractivity contribution in [3.8, 4) is 6.07 Å². The van der Waals surface area contributed by atoms with Gasteiger partial charge in [-0.3, -0.25) is 0 Å². The highest BCUT2D eigenvalue weighted by Gasteiger charge is 2.07. The van der Waals surface area contributed by atoms with Gasteiger partial charge in [-0.15, -0.1) is 0 Å². The normalized spacial score (nSPS) is 10.7. The maximum Gasteiger partial charge on any atom is 0.165 e. The van der Waals surface area contributed by atoms with Gasteiger partial charge in [-0.2, -0.15) is 5.26 Å². The molecule has 4 nitrogen and oxygen atoms in total. The highest BCUT2D eigenvalue weighted by Crippen LogP contribution is 1.85. The molecule has 0 fully saturated rings. The zero-order valence-corrected chi connectivity index (χ0v) is 5.56. The van der Waals surface area contributed by atoms with Crippen molar-refractivity contribution in [1.29, 1.82) is 5.26 Å². The van der Waals surface area contributed by atoms with Crippen LogP contribution in [-0.2, 0) is 9.84 Å². The van der Waals surface area contributed by atoms with Crippen molar-refractivity contribution in [2.24, 2.45) is 0 Å². The highest BCUT2D eigenvalue weighted by atomic mass is 32.2. The number of aliphatic hydroxyl groups is 1. The summed E-state index contributed by atoms with van der Waals surface area (Å²) in [5, 5.41) is 16.1. The molecule has 0 aliphatic heterocycles. The van der Waals surface area contributed by atoms with Gasteiger partial charge in [0.05, 0.1) is 18.4 Å².